The van der Waals surface area contributed by atoms with Crippen LogP contribution in [-0.4, -0.2) is 0 Å². The molecule has 2 aromatic rings. The minimum atomic E-state index is 0.619. The molecule has 0 amide bonds. The molecule has 0 atom stereocenters. The maximum absolute atomic E-state index is 8.82. The van der Waals surface area contributed by atoms with E-state index < -0.39 is 0 Å². The average molecular weight is 308 g/mol. The summed E-state index contributed by atoms with van der Waals surface area (Å²) in [6, 6.07) is 15.0. The molecule has 0 aliphatic rings. The monoisotopic (exact) mass is 306 g/mol. The van der Waals surface area contributed by atoms with E-state index in [0.717, 1.165) is 15.8 Å². The third-order valence-electron chi connectivity index (χ3n) is 2.22. The normalized spacial score (nSPS) is 9.71. The second kappa shape index (κ2) is 5.22. The standard InChI is InChI=1S/C13H8BrClN2/c14-13-11(15)5-2-6-12(13)17-10-4-1-3-9(7-10)8-16/h1-7,17H. The number of anilines is 2. The lowest BCUT2D eigenvalue weighted by Crippen LogP contribution is -1.92. The molecule has 0 aromatic heterocycles. The molecule has 0 aliphatic heterocycles. The summed E-state index contributed by atoms with van der Waals surface area (Å²) in [6.07, 6.45) is 0. The minimum Gasteiger partial charge on any atom is -0.355 e. The highest BCUT2D eigenvalue weighted by molar-refractivity contribution is 9.10. The number of halogens is 2. The molecule has 2 rings (SSSR count). The number of nitrogens with zero attached hydrogens (tertiary/aromatic N) is 1. The zero-order chi connectivity index (χ0) is 12.3. The van der Waals surface area contributed by atoms with E-state index in [9.17, 15) is 0 Å². The Labute approximate surface area is 113 Å². The Bertz CT molecular complexity index is 590. The summed E-state index contributed by atoms with van der Waals surface area (Å²) in [6.45, 7) is 0. The van der Waals surface area contributed by atoms with E-state index in [4.69, 9.17) is 16.9 Å². The van der Waals surface area contributed by atoms with Crippen molar-refractivity contribution in [3.8, 4) is 6.07 Å². The first kappa shape index (κ1) is 12.0. The largest absolute Gasteiger partial charge is 0.355 e. The topological polar surface area (TPSA) is 35.8 Å². The van der Waals surface area contributed by atoms with Crippen molar-refractivity contribution in [2.75, 3.05) is 5.32 Å². The average Bonchev–Trinajstić information content (AvgIpc) is 2.35. The van der Waals surface area contributed by atoms with Gasteiger partial charge in [-0.05, 0) is 46.3 Å². The van der Waals surface area contributed by atoms with Crippen molar-refractivity contribution < 1.29 is 0 Å². The van der Waals surface area contributed by atoms with Gasteiger partial charge in [0.05, 0.1) is 26.8 Å². The van der Waals surface area contributed by atoms with Crippen LogP contribution in [0, 0.1) is 11.3 Å². The van der Waals surface area contributed by atoms with Crippen molar-refractivity contribution in [3.05, 3.63) is 57.5 Å². The van der Waals surface area contributed by atoms with Crippen molar-refractivity contribution in [1.29, 1.82) is 5.26 Å². The molecule has 0 spiro atoms. The lowest BCUT2D eigenvalue weighted by molar-refractivity contribution is 1.47. The molecule has 0 bridgehead atoms. The van der Waals surface area contributed by atoms with Gasteiger partial charge in [-0.3, -0.25) is 0 Å². The van der Waals surface area contributed by atoms with Crippen molar-refractivity contribution in [3.63, 3.8) is 0 Å². The Morgan fingerprint density at radius 1 is 1.18 bits per heavy atom. The predicted molar refractivity (Wildman–Crippen MR) is 73.6 cm³/mol. The van der Waals surface area contributed by atoms with Gasteiger partial charge in [-0.1, -0.05) is 23.7 Å². The first-order chi connectivity index (χ1) is 8.20. The van der Waals surface area contributed by atoms with Crippen LogP contribution in [-0.2, 0) is 0 Å². The van der Waals surface area contributed by atoms with Crippen molar-refractivity contribution in [2.45, 2.75) is 0 Å². The molecule has 2 aromatic carbocycles. The van der Waals surface area contributed by atoms with Crippen molar-refractivity contribution in [1.82, 2.24) is 0 Å². The Morgan fingerprint density at radius 2 is 1.94 bits per heavy atom. The molecule has 84 valence electrons. The second-order valence-corrected chi connectivity index (χ2v) is 4.62. The van der Waals surface area contributed by atoms with Crippen LogP contribution >= 0.6 is 27.5 Å². The highest BCUT2D eigenvalue weighted by atomic mass is 79.9. The fourth-order valence-corrected chi connectivity index (χ4v) is 1.96. The molecule has 0 radical (unpaired) electrons. The molecule has 2 nitrogen and oxygen atoms in total. The number of benzene rings is 2. The summed E-state index contributed by atoms with van der Waals surface area (Å²) >= 11 is 9.41. The summed E-state index contributed by atoms with van der Waals surface area (Å²) in [4.78, 5) is 0. The fraction of sp³-hybridized carbons (Fsp3) is 0. The third-order valence-corrected chi connectivity index (χ3v) is 3.62. The van der Waals surface area contributed by atoms with Crippen molar-refractivity contribution >= 4 is 38.9 Å². The lowest BCUT2D eigenvalue weighted by Gasteiger charge is -2.09. The first-order valence-corrected chi connectivity index (χ1v) is 6.09. The molecule has 0 aliphatic carbocycles. The summed E-state index contributed by atoms with van der Waals surface area (Å²) in [5, 5.41) is 12.7. The van der Waals surface area contributed by atoms with Gasteiger partial charge in [0.15, 0.2) is 0 Å². The van der Waals surface area contributed by atoms with Gasteiger partial charge in [0, 0.05) is 5.69 Å². The summed E-state index contributed by atoms with van der Waals surface area (Å²) < 4.78 is 0.809. The minimum absolute atomic E-state index is 0.619. The van der Waals surface area contributed by atoms with E-state index in [1.54, 1.807) is 12.1 Å². The van der Waals surface area contributed by atoms with E-state index in [2.05, 4.69) is 27.3 Å². The molecule has 0 saturated heterocycles. The molecule has 4 heteroatoms. The van der Waals surface area contributed by atoms with Gasteiger partial charge in [0.1, 0.15) is 0 Å². The van der Waals surface area contributed by atoms with Crippen LogP contribution in [0.15, 0.2) is 46.9 Å². The van der Waals surface area contributed by atoms with Crippen LogP contribution in [0.5, 0.6) is 0 Å². The number of hydrogen-bond acceptors (Lipinski definition) is 2. The number of rotatable bonds is 2. The number of nitriles is 1. The Hall–Kier alpha value is -1.50. The van der Waals surface area contributed by atoms with E-state index >= 15 is 0 Å². The van der Waals surface area contributed by atoms with Gasteiger partial charge >= 0.3 is 0 Å². The maximum Gasteiger partial charge on any atom is 0.0992 e. The van der Waals surface area contributed by atoms with E-state index in [1.807, 2.05) is 30.3 Å². The van der Waals surface area contributed by atoms with Crippen LogP contribution in [0.25, 0.3) is 0 Å². The van der Waals surface area contributed by atoms with E-state index in [-0.39, 0.29) is 0 Å². The molecule has 0 unspecified atom stereocenters. The van der Waals surface area contributed by atoms with E-state index in [1.165, 1.54) is 0 Å². The smallest absolute Gasteiger partial charge is 0.0992 e. The molecule has 1 N–H and O–H groups in total. The van der Waals surface area contributed by atoms with Gasteiger partial charge in [-0.15, -0.1) is 0 Å². The van der Waals surface area contributed by atoms with Gasteiger partial charge < -0.3 is 5.32 Å². The van der Waals surface area contributed by atoms with Crippen LogP contribution in [0.1, 0.15) is 5.56 Å². The highest BCUT2D eigenvalue weighted by Crippen LogP contribution is 2.32. The second-order valence-electron chi connectivity index (χ2n) is 3.42. The predicted octanol–water partition coefficient (Wildman–Crippen LogP) is 4.72. The Morgan fingerprint density at radius 3 is 2.71 bits per heavy atom. The van der Waals surface area contributed by atoms with Gasteiger partial charge in [-0.25, -0.2) is 0 Å². The third kappa shape index (κ3) is 2.79. The molecular formula is C13H8BrClN2. The van der Waals surface area contributed by atoms with Crippen LogP contribution in [0.4, 0.5) is 11.4 Å². The van der Waals surface area contributed by atoms with Crippen LogP contribution < -0.4 is 5.32 Å². The van der Waals surface area contributed by atoms with Crippen molar-refractivity contribution in [2.24, 2.45) is 0 Å². The summed E-state index contributed by atoms with van der Waals surface area (Å²) in [5.41, 5.74) is 2.34. The molecule has 0 saturated carbocycles. The zero-order valence-corrected chi connectivity index (χ0v) is 11.1. The molecule has 0 heterocycles. The zero-order valence-electron chi connectivity index (χ0n) is 8.74. The number of nitrogens with one attached hydrogen (secondary N) is 1. The highest BCUT2D eigenvalue weighted by Gasteiger charge is 2.04. The summed E-state index contributed by atoms with van der Waals surface area (Å²) in [7, 11) is 0. The maximum atomic E-state index is 8.82. The quantitative estimate of drug-likeness (QED) is 0.871. The van der Waals surface area contributed by atoms with Gasteiger partial charge in [-0.2, -0.15) is 5.26 Å². The SMILES string of the molecule is N#Cc1cccc(Nc2cccc(Cl)c2Br)c1. The van der Waals surface area contributed by atoms with Gasteiger partial charge in [0.25, 0.3) is 0 Å². The molecule has 17 heavy (non-hydrogen) atoms. The Balaban J connectivity index is 2.32. The summed E-state index contributed by atoms with van der Waals surface area (Å²) in [5.74, 6) is 0. The molecular weight excluding hydrogens is 300 g/mol. The van der Waals surface area contributed by atoms with Crippen LogP contribution in [0.2, 0.25) is 5.02 Å². The lowest BCUT2D eigenvalue weighted by atomic mass is 10.2. The van der Waals surface area contributed by atoms with Crippen LogP contribution in [0.3, 0.4) is 0 Å². The van der Waals surface area contributed by atoms with E-state index in [0.29, 0.717) is 10.6 Å². The fourth-order valence-electron chi connectivity index (χ4n) is 1.42. The molecule has 0 fully saturated rings. The first-order valence-electron chi connectivity index (χ1n) is 4.92. The number of hydrogen-bond donors (Lipinski definition) is 1. The Kier molecular flexibility index (Phi) is 3.68. The van der Waals surface area contributed by atoms with Gasteiger partial charge in [0.2, 0.25) is 0 Å².